The molecule has 0 aromatic carbocycles. The number of aromatic nitrogens is 1. The zero-order valence-electron chi connectivity index (χ0n) is 11.2. The van der Waals surface area contributed by atoms with Crippen molar-refractivity contribution in [3.63, 3.8) is 0 Å². The lowest BCUT2D eigenvalue weighted by atomic mass is 9.83. The summed E-state index contributed by atoms with van der Waals surface area (Å²) in [6.45, 7) is 2.71. The molecule has 1 aromatic heterocycles. The van der Waals surface area contributed by atoms with Gasteiger partial charge in [0, 0.05) is 12.7 Å². The summed E-state index contributed by atoms with van der Waals surface area (Å²) in [4.78, 5) is 3.88. The van der Waals surface area contributed by atoms with Crippen LogP contribution in [0.1, 0.15) is 32.6 Å². The lowest BCUT2D eigenvalue weighted by Crippen LogP contribution is -2.32. The maximum absolute atomic E-state index is 12.1. The quantitative estimate of drug-likeness (QED) is 0.882. The molecule has 2 atom stereocenters. The summed E-state index contributed by atoms with van der Waals surface area (Å²) < 4.78 is 27.0. The van der Waals surface area contributed by atoms with Gasteiger partial charge < -0.3 is 5.73 Å². The van der Waals surface area contributed by atoms with Crippen molar-refractivity contribution in [3.8, 4) is 0 Å². The number of nitrogens with two attached hydrogens (primary N) is 1. The number of hydrogen-bond acceptors (Lipinski definition) is 4. The van der Waals surface area contributed by atoms with Crippen LogP contribution in [0.3, 0.4) is 0 Å². The highest BCUT2D eigenvalue weighted by Crippen LogP contribution is 2.28. The molecule has 2 rings (SSSR count). The number of rotatable bonds is 4. The Hall–Kier alpha value is -1.14. The standard InChI is InChI=1S/C13H21N3O2S/c1-10-4-2-5-11(8-10)9-16-19(17,18)12-6-3-7-15-13(12)14/h3,6-7,10-11,16H,2,4-5,8-9H2,1H3,(H2,14,15). The molecule has 0 radical (unpaired) electrons. The van der Waals surface area contributed by atoms with Gasteiger partial charge in [0.15, 0.2) is 0 Å². The fourth-order valence-electron chi connectivity index (χ4n) is 2.68. The predicted molar refractivity (Wildman–Crippen MR) is 75.0 cm³/mol. The first-order valence-corrected chi connectivity index (χ1v) is 8.17. The van der Waals surface area contributed by atoms with Crippen molar-refractivity contribution in [1.82, 2.24) is 9.71 Å². The number of nitrogen functional groups attached to an aromatic ring is 1. The Labute approximate surface area is 114 Å². The highest BCUT2D eigenvalue weighted by Gasteiger charge is 2.23. The van der Waals surface area contributed by atoms with Gasteiger partial charge in [-0.3, -0.25) is 0 Å². The summed E-state index contributed by atoms with van der Waals surface area (Å²) in [7, 11) is -3.55. The van der Waals surface area contributed by atoms with E-state index in [1.165, 1.54) is 25.1 Å². The van der Waals surface area contributed by atoms with E-state index in [2.05, 4.69) is 16.6 Å². The summed E-state index contributed by atoms with van der Waals surface area (Å²) in [5.74, 6) is 1.16. The van der Waals surface area contributed by atoms with E-state index in [-0.39, 0.29) is 10.7 Å². The minimum atomic E-state index is -3.55. The van der Waals surface area contributed by atoms with Crippen LogP contribution in [-0.2, 0) is 10.0 Å². The van der Waals surface area contributed by atoms with Crippen molar-refractivity contribution in [2.75, 3.05) is 12.3 Å². The maximum atomic E-state index is 12.1. The summed E-state index contributed by atoms with van der Waals surface area (Å²) in [5, 5.41) is 0. The van der Waals surface area contributed by atoms with Crippen LogP contribution < -0.4 is 10.5 Å². The molecule has 1 heterocycles. The lowest BCUT2D eigenvalue weighted by Gasteiger charge is -2.26. The first-order valence-electron chi connectivity index (χ1n) is 6.69. The van der Waals surface area contributed by atoms with E-state index in [4.69, 9.17) is 5.73 Å². The largest absolute Gasteiger partial charge is 0.383 e. The van der Waals surface area contributed by atoms with Crippen molar-refractivity contribution in [2.24, 2.45) is 11.8 Å². The van der Waals surface area contributed by atoms with E-state index in [0.717, 1.165) is 12.8 Å². The number of nitrogens with one attached hydrogen (secondary N) is 1. The van der Waals surface area contributed by atoms with Crippen molar-refractivity contribution in [3.05, 3.63) is 18.3 Å². The third-order valence-electron chi connectivity index (χ3n) is 3.70. The molecule has 0 spiro atoms. The van der Waals surface area contributed by atoms with Crippen LogP contribution in [0.4, 0.5) is 5.82 Å². The molecular formula is C13H21N3O2S. The average Bonchev–Trinajstić information content (AvgIpc) is 2.37. The van der Waals surface area contributed by atoms with Crippen LogP contribution in [0.5, 0.6) is 0 Å². The van der Waals surface area contributed by atoms with Gasteiger partial charge in [0.05, 0.1) is 0 Å². The Morgan fingerprint density at radius 2 is 2.26 bits per heavy atom. The Morgan fingerprint density at radius 1 is 1.47 bits per heavy atom. The highest BCUT2D eigenvalue weighted by molar-refractivity contribution is 7.89. The molecule has 0 bridgehead atoms. The second kappa shape index (κ2) is 5.88. The molecule has 6 heteroatoms. The predicted octanol–water partition coefficient (Wildman–Crippen LogP) is 1.77. The Balaban J connectivity index is 2.00. The van der Waals surface area contributed by atoms with Crippen molar-refractivity contribution >= 4 is 15.8 Å². The van der Waals surface area contributed by atoms with Gasteiger partial charge in [-0.1, -0.05) is 19.8 Å². The molecule has 1 aliphatic rings. The Morgan fingerprint density at radius 3 is 2.95 bits per heavy atom. The summed E-state index contributed by atoms with van der Waals surface area (Å²) in [5.41, 5.74) is 5.61. The number of nitrogens with zero attached hydrogens (tertiary/aromatic N) is 1. The normalized spacial score (nSPS) is 24.3. The minimum Gasteiger partial charge on any atom is -0.383 e. The summed E-state index contributed by atoms with van der Waals surface area (Å²) in [6.07, 6.45) is 6.10. The molecule has 0 saturated heterocycles. The minimum absolute atomic E-state index is 0.0482. The topological polar surface area (TPSA) is 85.1 Å². The van der Waals surface area contributed by atoms with Gasteiger partial charge in [-0.05, 0) is 36.8 Å². The Kier molecular flexibility index (Phi) is 4.42. The average molecular weight is 283 g/mol. The van der Waals surface area contributed by atoms with Crippen LogP contribution in [0, 0.1) is 11.8 Å². The van der Waals surface area contributed by atoms with Gasteiger partial charge in [0.2, 0.25) is 10.0 Å². The van der Waals surface area contributed by atoms with Gasteiger partial charge in [-0.25, -0.2) is 18.1 Å². The molecule has 19 heavy (non-hydrogen) atoms. The number of hydrogen-bond donors (Lipinski definition) is 2. The monoisotopic (exact) mass is 283 g/mol. The zero-order valence-corrected chi connectivity index (χ0v) is 12.0. The highest BCUT2D eigenvalue weighted by atomic mass is 32.2. The van der Waals surface area contributed by atoms with Gasteiger partial charge in [-0.15, -0.1) is 0 Å². The van der Waals surface area contributed by atoms with Crippen LogP contribution in [0.15, 0.2) is 23.2 Å². The first-order chi connectivity index (χ1) is 8.99. The van der Waals surface area contributed by atoms with Crippen molar-refractivity contribution in [1.29, 1.82) is 0 Å². The molecule has 3 N–H and O–H groups in total. The molecular weight excluding hydrogens is 262 g/mol. The molecule has 2 unspecified atom stereocenters. The number of anilines is 1. The van der Waals surface area contributed by atoms with Gasteiger partial charge in [0.25, 0.3) is 0 Å². The third kappa shape index (κ3) is 3.67. The zero-order chi connectivity index (χ0) is 13.9. The molecule has 5 nitrogen and oxygen atoms in total. The number of sulfonamides is 1. The van der Waals surface area contributed by atoms with E-state index in [0.29, 0.717) is 18.4 Å². The van der Waals surface area contributed by atoms with E-state index in [1.807, 2.05) is 0 Å². The van der Waals surface area contributed by atoms with Crippen LogP contribution in [-0.4, -0.2) is 19.9 Å². The molecule has 0 aliphatic heterocycles. The number of pyridine rings is 1. The lowest BCUT2D eigenvalue weighted by molar-refractivity contribution is 0.283. The fourth-order valence-corrected chi connectivity index (χ4v) is 3.88. The van der Waals surface area contributed by atoms with Gasteiger partial charge >= 0.3 is 0 Å². The van der Waals surface area contributed by atoms with Gasteiger partial charge in [0.1, 0.15) is 10.7 Å². The smallest absolute Gasteiger partial charge is 0.244 e. The van der Waals surface area contributed by atoms with E-state index in [1.54, 1.807) is 6.07 Å². The summed E-state index contributed by atoms with van der Waals surface area (Å²) >= 11 is 0. The Bertz CT molecular complexity index is 530. The maximum Gasteiger partial charge on any atom is 0.244 e. The van der Waals surface area contributed by atoms with Crippen LogP contribution in [0.2, 0.25) is 0 Å². The van der Waals surface area contributed by atoms with Crippen molar-refractivity contribution < 1.29 is 8.42 Å². The molecule has 106 valence electrons. The first kappa shape index (κ1) is 14.3. The third-order valence-corrected chi connectivity index (χ3v) is 5.17. The molecule has 1 aliphatic carbocycles. The molecule has 1 fully saturated rings. The SMILES string of the molecule is CC1CCCC(CNS(=O)(=O)c2cccnc2N)C1. The second-order valence-corrected chi connectivity index (χ2v) is 7.11. The molecule has 0 amide bonds. The van der Waals surface area contributed by atoms with Gasteiger partial charge in [-0.2, -0.15) is 0 Å². The molecule has 1 aromatic rings. The van der Waals surface area contributed by atoms with Crippen LogP contribution in [0.25, 0.3) is 0 Å². The second-order valence-electron chi connectivity index (χ2n) is 5.38. The van der Waals surface area contributed by atoms with Crippen LogP contribution >= 0.6 is 0 Å². The summed E-state index contributed by atoms with van der Waals surface area (Å²) in [6, 6.07) is 3.06. The van der Waals surface area contributed by atoms with Crippen molar-refractivity contribution in [2.45, 2.75) is 37.5 Å². The fraction of sp³-hybridized carbons (Fsp3) is 0.615. The molecule has 1 saturated carbocycles. The van der Waals surface area contributed by atoms with E-state index in [9.17, 15) is 8.42 Å². The van der Waals surface area contributed by atoms with E-state index >= 15 is 0 Å². The van der Waals surface area contributed by atoms with E-state index < -0.39 is 10.0 Å².